The summed E-state index contributed by atoms with van der Waals surface area (Å²) in [7, 11) is 0. The predicted molar refractivity (Wildman–Crippen MR) is 77.5 cm³/mol. The van der Waals surface area contributed by atoms with Crippen LogP contribution in [0, 0.1) is 23.2 Å². The van der Waals surface area contributed by atoms with Crippen molar-refractivity contribution in [3.63, 3.8) is 0 Å². The Balaban J connectivity index is 2.29. The number of hydrogen-bond donors (Lipinski definition) is 0. The van der Waals surface area contributed by atoms with Gasteiger partial charge in [-0.3, -0.25) is 4.79 Å². The van der Waals surface area contributed by atoms with Crippen LogP contribution >= 0.6 is 11.6 Å². The molecule has 106 valence electrons. The smallest absolute Gasteiger partial charge is 0.160 e. The largest absolute Gasteiger partial charge is 0.375 e. The van der Waals surface area contributed by atoms with E-state index >= 15 is 0 Å². The van der Waals surface area contributed by atoms with Crippen molar-refractivity contribution < 1.29 is 9.53 Å². The molecule has 0 radical (unpaired) electrons. The van der Waals surface area contributed by atoms with Crippen molar-refractivity contribution in [1.29, 1.82) is 5.26 Å². The highest BCUT2D eigenvalue weighted by Gasteiger charge is 2.44. The van der Waals surface area contributed by atoms with Gasteiger partial charge in [0.05, 0.1) is 24.2 Å². The quantitative estimate of drug-likeness (QED) is 0.855. The summed E-state index contributed by atoms with van der Waals surface area (Å²) in [5.74, 6) is -0.974. The van der Waals surface area contributed by atoms with Gasteiger partial charge in [-0.25, -0.2) is 0 Å². The van der Waals surface area contributed by atoms with E-state index in [4.69, 9.17) is 16.3 Å². The minimum Gasteiger partial charge on any atom is -0.375 e. The van der Waals surface area contributed by atoms with E-state index in [9.17, 15) is 10.1 Å². The molecule has 0 saturated carbocycles. The van der Waals surface area contributed by atoms with E-state index in [1.54, 1.807) is 24.3 Å². The Morgan fingerprint density at radius 2 is 2.05 bits per heavy atom. The molecule has 0 bridgehead atoms. The molecule has 20 heavy (non-hydrogen) atoms. The molecule has 0 N–H and O–H groups in total. The zero-order valence-corrected chi connectivity index (χ0v) is 12.6. The average molecular weight is 292 g/mol. The number of hydrogen-bond acceptors (Lipinski definition) is 3. The molecule has 5 unspecified atom stereocenters. The summed E-state index contributed by atoms with van der Waals surface area (Å²) in [6.45, 7) is 5.87. The topological polar surface area (TPSA) is 50.1 Å². The Hall–Kier alpha value is -1.37. The van der Waals surface area contributed by atoms with Gasteiger partial charge in [0.15, 0.2) is 5.78 Å². The van der Waals surface area contributed by atoms with E-state index in [1.807, 2.05) is 20.8 Å². The second kappa shape index (κ2) is 5.95. The number of carbonyl (C=O) groups excluding carboxylic acids is 1. The normalized spacial score (nSPS) is 30.8. The first-order valence-electron chi connectivity index (χ1n) is 6.80. The summed E-state index contributed by atoms with van der Waals surface area (Å²) >= 11 is 5.95. The maximum absolute atomic E-state index is 12.7. The van der Waals surface area contributed by atoms with Crippen molar-refractivity contribution in [3.8, 4) is 6.07 Å². The standard InChI is InChI=1S/C16H18ClNO2/c1-9-10(2)20-11(3)15(9)16(19)14(8-18)12-5-4-6-13(17)7-12/h4-7,9-11,14-15H,1-3H3. The molecule has 1 fully saturated rings. The van der Waals surface area contributed by atoms with Gasteiger partial charge in [-0.2, -0.15) is 5.26 Å². The molecular formula is C16H18ClNO2. The van der Waals surface area contributed by atoms with E-state index in [0.29, 0.717) is 10.6 Å². The predicted octanol–water partition coefficient (Wildman–Crippen LogP) is 3.58. The molecule has 1 heterocycles. The Bertz CT molecular complexity index is 552. The van der Waals surface area contributed by atoms with Crippen molar-refractivity contribution in [2.75, 3.05) is 0 Å². The zero-order chi connectivity index (χ0) is 14.9. The highest BCUT2D eigenvalue weighted by molar-refractivity contribution is 6.30. The Kier molecular flexibility index (Phi) is 4.47. The maximum Gasteiger partial charge on any atom is 0.160 e. The number of halogens is 1. The van der Waals surface area contributed by atoms with Crippen LogP contribution < -0.4 is 0 Å². The first kappa shape index (κ1) is 15.0. The van der Waals surface area contributed by atoms with Crippen molar-refractivity contribution in [2.24, 2.45) is 11.8 Å². The molecule has 0 aliphatic carbocycles. The first-order chi connectivity index (χ1) is 9.45. The van der Waals surface area contributed by atoms with Gasteiger partial charge in [0, 0.05) is 5.02 Å². The molecule has 0 aromatic heterocycles. The lowest BCUT2D eigenvalue weighted by molar-refractivity contribution is -0.125. The zero-order valence-electron chi connectivity index (χ0n) is 11.8. The van der Waals surface area contributed by atoms with Gasteiger partial charge in [-0.1, -0.05) is 30.7 Å². The fraction of sp³-hybridized carbons (Fsp3) is 0.500. The molecule has 2 rings (SSSR count). The minimum absolute atomic E-state index is 0.0395. The first-order valence-corrected chi connectivity index (χ1v) is 7.17. The molecule has 0 spiro atoms. The lowest BCUT2D eigenvalue weighted by Gasteiger charge is -2.20. The van der Waals surface area contributed by atoms with E-state index in [0.717, 1.165) is 0 Å². The SMILES string of the molecule is CC1OC(C)C(C(=O)C(C#N)c2cccc(Cl)c2)C1C. The van der Waals surface area contributed by atoms with Crippen LogP contribution in [0.1, 0.15) is 32.3 Å². The fourth-order valence-electron chi connectivity index (χ4n) is 2.94. The number of ether oxygens (including phenoxy) is 1. The van der Waals surface area contributed by atoms with Crippen LogP contribution in [0.15, 0.2) is 24.3 Å². The van der Waals surface area contributed by atoms with E-state index < -0.39 is 5.92 Å². The third kappa shape index (κ3) is 2.72. The molecule has 4 heteroatoms. The van der Waals surface area contributed by atoms with Crippen LogP contribution in [0.4, 0.5) is 0 Å². The monoisotopic (exact) mass is 291 g/mol. The summed E-state index contributed by atoms with van der Waals surface area (Å²) in [5.41, 5.74) is 0.656. The van der Waals surface area contributed by atoms with E-state index in [2.05, 4.69) is 6.07 Å². The third-order valence-corrected chi connectivity index (χ3v) is 4.40. The van der Waals surface area contributed by atoms with Gasteiger partial charge < -0.3 is 4.74 Å². The highest BCUT2D eigenvalue weighted by atomic mass is 35.5. The van der Waals surface area contributed by atoms with Crippen LogP contribution in [-0.4, -0.2) is 18.0 Å². The molecule has 5 atom stereocenters. The van der Waals surface area contributed by atoms with Gasteiger partial charge in [0.2, 0.25) is 0 Å². The minimum atomic E-state index is -0.780. The van der Waals surface area contributed by atoms with Gasteiger partial charge in [0.1, 0.15) is 5.92 Å². The second-order valence-electron chi connectivity index (χ2n) is 5.45. The molecule has 1 saturated heterocycles. The molecule has 1 aliphatic heterocycles. The number of ketones is 1. The van der Waals surface area contributed by atoms with Crippen molar-refractivity contribution in [1.82, 2.24) is 0 Å². The van der Waals surface area contributed by atoms with Gasteiger partial charge in [-0.15, -0.1) is 0 Å². The van der Waals surface area contributed by atoms with Crippen LogP contribution in [-0.2, 0) is 9.53 Å². The van der Waals surface area contributed by atoms with E-state index in [-0.39, 0.29) is 29.8 Å². The van der Waals surface area contributed by atoms with Crippen molar-refractivity contribution in [3.05, 3.63) is 34.9 Å². The van der Waals surface area contributed by atoms with Crippen molar-refractivity contribution >= 4 is 17.4 Å². The number of rotatable bonds is 3. The van der Waals surface area contributed by atoms with Crippen LogP contribution in [0.2, 0.25) is 5.02 Å². The number of nitrogens with zero attached hydrogens (tertiary/aromatic N) is 1. The molecule has 3 nitrogen and oxygen atoms in total. The number of Topliss-reactive ketones (excluding diaryl/α,β-unsaturated/α-hetero) is 1. The maximum atomic E-state index is 12.7. The molecule has 0 amide bonds. The summed E-state index contributed by atoms with van der Waals surface area (Å²) < 4.78 is 5.71. The lowest BCUT2D eigenvalue weighted by Crippen LogP contribution is -2.30. The summed E-state index contributed by atoms with van der Waals surface area (Å²) in [6.07, 6.45) is -0.111. The highest BCUT2D eigenvalue weighted by Crippen LogP contribution is 2.36. The summed E-state index contributed by atoms with van der Waals surface area (Å²) in [6, 6.07) is 9.06. The summed E-state index contributed by atoms with van der Waals surface area (Å²) in [4.78, 5) is 12.7. The Morgan fingerprint density at radius 3 is 2.55 bits per heavy atom. The molecular weight excluding hydrogens is 274 g/mol. The Labute approximate surface area is 124 Å². The fourth-order valence-corrected chi connectivity index (χ4v) is 3.14. The second-order valence-corrected chi connectivity index (χ2v) is 5.89. The third-order valence-electron chi connectivity index (χ3n) is 4.17. The number of carbonyl (C=O) groups is 1. The molecule has 1 aliphatic rings. The number of benzene rings is 1. The van der Waals surface area contributed by atoms with Crippen LogP contribution in [0.25, 0.3) is 0 Å². The van der Waals surface area contributed by atoms with Gasteiger partial charge in [0.25, 0.3) is 0 Å². The number of nitriles is 1. The molecule has 1 aromatic rings. The van der Waals surface area contributed by atoms with Crippen LogP contribution in [0.3, 0.4) is 0 Å². The van der Waals surface area contributed by atoms with Crippen molar-refractivity contribution in [2.45, 2.75) is 38.9 Å². The Morgan fingerprint density at radius 1 is 1.35 bits per heavy atom. The van der Waals surface area contributed by atoms with Gasteiger partial charge >= 0.3 is 0 Å². The van der Waals surface area contributed by atoms with Crippen LogP contribution in [0.5, 0.6) is 0 Å². The average Bonchev–Trinajstić information content (AvgIpc) is 2.64. The summed E-state index contributed by atoms with van der Waals surface area (Å²) in [5, 5.41) is 9.92. The van der Waals surface area contributed by atoms with Gasteiger partial charge in [-0.05, 0) is 37.5 Å². The van der Waals surface area contributed by atoms with E-state index in [1.165, 1.54) is 0 Å². The lowest BCUT2D eigenvalue weighted by atomic mass is 9.79. The molecule has 1 aromatic carbocycles.